The average molecular weight is 547 g/mol. The van der Waals surface area contributed by atoms with E-state index in [1.807, 2.05) is 18.2 Å². The molecule has 4 rings (SSSR count). The summed E-state index contributed by atoms with van der Waals surface area (Å²) in [5.41, 5.74) is 8.30. The highest BCUT2D eigenvalue weighted by molar-refractivity contribution is 7.99. The highest BCUT2D eigenvalue weighted by Gasteiger charge is 2.31. The van der Waals surface area contributed by atoms with Crippen LogP contribution in [0.5, 0.6) is 5.75 Å². The Balaban J connectivity index is 1.38. The quantitative estimate of drug-likeness (QED) is 0.308. The van der Waals surface area contributed by atoms with Gasteiger partial charge >= 0.3 is 5.97 Å². The Hall–Kier alpha value is -2.46. The van der Waals surface area contributed by atoms with E-state index < -0.39 is 5.97 Å². The Labute approximate surface area is 225 Å². The Kier molecular flexibility index (Phi) is 9.59. The number of carbonyl (C=O) groups is 1. The molecule has 1 aliphatic heterocycles. The molecule has 0 spiro atoms. The number of fused-ring (bicyclic) bond motifs is 1. The number of hydrogen-bond acceptors (Lipinski definition) is 7. The van der Waals surface area contributed by atoms with Gasteiger partial charge in [-0.05, 0) is 73.5 Å². The molecular weight excluding hydrogens is 515 g/mol. The second kappa shape index (κ2) is 12.9. The third-order valence-corrected chi connectivity index (χ3v) is 8.33. The molecule has 37 heavy (non-hydrogen) atoms. The average Bonchev–Trinajstić information content (AvgIpc) is 2.88. The van der Waals surface area contributed by atoms with Gasteiger partial charge in [-0.25, -0.2) is 9.37 Å². The summed E-state index contributed by atoms with van der Waals surface area (Å²) in [6.07, 6.45) is 5.73. The predicted octanol–water partition coefficient (Wildman–Crippen LogP) is 5.42. The fourth-order valence-electron chi connectivity index (χ4n) is 5.15. The third-order valence-electron chi connectivity index (χ3n) is 7.07. The first-order chi connectivity index (χ1) is 17.9. The number of halogens is 2. The summed E-state index contributed by atoms with van der Waals surface area (Å²) in [7, 11) is 1.61. The number of piperidine rings is 1. The summed E-state index contributed by atoms with van der Waals surface area (Å²) in [4.78, 5) is 22.4. The monoisotopic (exact) mass is 546 g/mol. The van der Waals surface area contributed by atoms with Crippen LogP contribution < -0.4 is 10.5 Å². The molecule has 3 aromatic rings. The minimum atomic E-state index is -0.790. The van der Waals surface area contributed by atoms with Gasteiger partial charge in [0.2, 0.25) is 0 Å². The van der Waals surface area contributed by atoms with Gasteiger partial charge in [0.1, 0.15) is 10.8 Å². The number of ether oxygens (including phenoxy) is 1. The van der Waals surface area contributed by atoms with Crippen LogP contribution in [0.3, 0.4) is 0 Å². The van der Waals surface area contributed by atoms with Gasteiger partial charge < -0.3 is 20.5 Å². The third kappa shape index (κ3) is 7.10. The smallest absolute Gasteiger partial charge is 0.303 e. The summed E-state index contributed by atoms with van der Waals surface area (Å²) >= 11 is 7.92. The topological polar surface area (TPSA) is 102 Å². The first-order valence-electron chi connectivity index (χ1n) is 12.4. The first kappa shape index (κ1) is 27.6. The van der Waals surface area contributed by atoms with Gasteiger partial charge in [0, 0.05) is 49.1 Å². The zero-order valence-corrected chi connectivity index (χ0v) is 22.3. The largest absolute Gasteiger partial charge is 0.497 e. The van der Waals surface area contributed by atoms with Crippen molar-refractivity contribution < 1.29 is 19.0 Å². The van der Waals surface area contributed by atoms with Crippen LogP contribution in [0.2, 0.25) is 5.02 Å². The van der Waals surface area contributed by atoms with Crippen molar-refractivity contribution in [3.05, 3.63) is 59.1 Å². The van der Waals surface area contributed by atoms with Crippen LogP contribution in [-0.2, 0) is 4.79 Å². The number of methoxy groups -OCH3 is 1. The van der Waals surface area contributed by atoms with Crippen LogP contribution in [0.15, 0.2) is 47.8 Å². The second-order valence-electron chi connectivity index (χ2n) is 9.43. The van der Waals surface area contributed by atoms with Crippen LogP contribution in [0.4, 0.5) is 4.39 Å². The van der Waals surface area contributed by atoms with Gasteiger partial charge in [0.15, 0.2) is 5.82 Å². The molecule has 0 amide bonds. The minimum Gasteiger partial charge on any atom is -0.497 e. The van der Waals surface area contributed by atoms with Gasteiger partial charge in [0.05, 0.1) is 17.6 Å². The van der Waals surface area contributed by atoms with Crippen LogP contribution in [-0.4, -0.2) is 58.4 Å². The van der Waals surface area contributed by atoms with Gasteiger partial charge in [-0.1, -0.05) is 11.6 Å². The second-order valence-corrected chi connectivity index (χ2v) is 10.9. The molecule has 1 aliphatic rings. The Morgan fingerprint density at radius 3 is 2.95 bits per heavy atom. The fraction of sp³-hybridized carbons (Fsp3) is 0.444. The van der Waals surface area contributed by atoms with Gasteiger partial charge in [0.25, 0.3) is 0 Å². The number of carboxylic acids is 1. The molecule has 3 N–H and O–H groups in total. The lowest BCUT2D eigenvalue weighted by Crippen LogP contribution is -2.42. The maximum absolute atomic E-state index is 13.8. The zero-order valence-electron chi connectivity index (χ0n) is 20.8. The van der Waals surface area contributed by atoms with Gasteiger partial charge in [-0.2, -0.15) is 0 Å². The van der Waals surface area contributed by atoms with Crippen molar-refractivity contribution in [2.24, 2.45) is 17.6 Å². The summed E-state index contributed by atoms with van der Waals surface area (Å²) in [5.74, 6) is 0.580. The highest BCUT2D eigenvalue weighted by atomic mass is 35.5. The number of benzene rings is 1. The number of rotatable bonds is 11. The number of hydrogen-bond donors (Lipinski definition) is 2. The molecule has 0 radical (unpaired) electrons. The predicted molar refractivity (Wildman–Crippen MR) is 145 cm³/mol. The van der Waals surface area contributed by atoms with E-state index in [2.05, 4.69) is 14.9 Å². The molecule has 3 heterocycles. The molecule has 0 bridgehead atoms. The van der Waals surface area contributed by atoms with Crippen LogP contribution in [0.25, 0.3) is 10.9 Å². The summed E-state index contributed by atoms with van der Waals surface area (Å²) < 4.78 is 19.2. The number of nitrogens with zero attached hydrogens (tertiary/aromatic N) is 3. The number of thioether (sulfide) groups is 1. The number of pyridine rings is 2. The van der Waals surface area contributed by atoms with Crippen molar-refractivity contribution in [1.29, 1.82) is 0 Å². The van der Waals surface area contributed by atoms with E-state index in [9.17, 15) is 14.3 Å². The Bertz CT molecular complexity index is 1230. The summed E-state index contributed by atoms with van der Waals surface area (Å²) in [6.45, 7) is 2.33. The molecule has 1 fully saturated rings. The van der Waals surface area contributed by atoms with Crippen molar-refractivity contribution in [2.75, 3.05) is 32.5 Å². The molecule has 10 heteroatoms. The molecule has 3 atom stereocenters. The molecule has 2 aromatic heterocycles. The van der Waals surface area contributed by atoms with E-state index in [1.54, 1.807) is 25.6 Å². The fourth-order valence-corrected chi connectivity index (χ4v) is 6.33. The van der Waals surface area contributed by atoms with Crippen LogP contribution in [0.1, 0.15) is 37.3 Å². The number of likely N-dealkylation sites (tertiary alicyclic amines) is 1. The minimum absolute atomic E-state index is 0.0276. The van der Waals surface area contributed by atoms with Crippen molar-refractivity contribution in [3.63, 3.8) is 0 Å². The maximum atomic E-state index is 13.8. The van der Waals surface area contributed by atoms with E-state index in [4.69, 9.17) is 22.1 Å². The standard InChI is InChI=1S/C27H32ClFN4O3S/c1-36-19-5-7-24-20(14-19)26(21(28)15-32-24)23(30)6-4-17-8-10-33(16-18(17)13-25(34)35)11-12-37-27-22(29)3-2-9-31-27/h2-3,5,7,9,14-15,17-18,23H,4,6,8,10-13,16,30H2,1H3,(H,34,35)/t17?,18?,23-/m1/s1. The van der Waals surface area contributed by atoms with E-state index in [0.717, 1.165) is 42.4 Å². The molecular formula is C27H32ClFN4O3S. The van der Waals surface area contributed by atoms with Crippen LogP contribution >= 0.6 is 23.4 Å². The van der Waals surface area contributed by atoms with Crippen LogP contribution in [0, 0.1) is 17.7 Å². The molecule has 1 aromatic carbocycles. The highest BCUT2D eigenvalue weighted by Crippen LogP contribution is 2.36. The van der Waals surface area contributed by atoms with E-state index >= 15 is 0 Å². The summed E-state index contributed by atoms with van der Waals surface area (Å²) in [5, 5.41) is 11.3. The molecule has 198 valence electrons. The van der Waals surface area contributed by atoms with E-state index in [-0.39, 0.29) is 30.1 Å². The first-order valence-corrected chi connectivity index (χ1v) is 13.8. The van der Waals surface area contributed by atoms with E-state index in [0.29, 0.717) is 34.5 Å². The molecule has 1 saturated heterocycles. The van der Waals surface area contributed by atoms with Crippen molar-refractivity contribution >= 4 is 40.2 Å². The number of aromatic nitrogens is 2. The lowest BCUT2D eigenvalue weighted by atomic mass is 9.79. The number of nitrogens with two attached hydrogens (primary N) is 1. The normalized spacial score (nSPS) is 19.1. The Morgan fingerprint density at radius 2 is 2.19 bits per heavy atom. The van der Waals surface area contributed by atoms with Crippen molar-refractivity contribution in [1.82, 2.24) is 14.9 Å². The van der Waals surface area contributed by atoms with E-state index in [1.165, 1.54) is 17.8 Å². The maximum Gasteiger partial charge on any atom is 0.303 e. The van der Waals surface area contributed by atoms with Gasteiger partial charge in [-0.3, -0.25) is 9.78 Å². The van der Waals surface area contributed by atoms with Gasteiger partial charge in [-0.15, -0.1) is 11.8 Å². The molecule has 7 nitrogen and oxygen atoms in total. The van der Waals surface area contributed by atoms with Crippen molar-refractivity contribution in [2.45, 2.75) is 36.8 Å². The molecule has 0 aliphatic carbocycles. The number of carboxylic acid groups (broad SMARTS) is 1. The Morgan fingerprint density at radius 1 is 1.35 bits per heavy atom. The number of aliphatic carboxylic acids is 1. The zero-order chi connectivity index (χ0) is 26.4. The lowest BCUT2D eigenvalue weighted by molar-refractivity contribution is -0.139. The van der Waals surface area contributed by atoms with Crippen molar-refractivity contribution in [3.8, 4) is 5.75 Å². The summed E-state index contributed by atoms with van der Waals surface area (Å²) in [6, 6.07) is 8.33. The lowest BCUT2D eigenvalue weighted by Gasteiger charge is -2.38. The SMILES string of the molecule is COc1ccc2ncc(Cl)c([C@H](N)CCC3CCN(CCSc4ncccc4F)CC3CC(=O)O)c2c1. The molecule has 2 unspecified atom stereocenters. The molecule has 0 saturated carbocycles.